The van der Waals surface area contributed by atoms with Crippen LogP contribution in [0.4, 0.5) is 0 Å². The van der Waals surface area contributed by atoms with E-state index in [0.717, 1.165) is 31.3 Å². The van der Waals surface area contributed by atoms with E-state index < -0.39 is 0 Å². The second kappa shape index (κ2) is 4.41. The number of hydrogen-bond donors (Lipinski definition) is 1. The summed E-state index contributed by atoms with van der Waals surface area (Å²) in [4.78, 5) is 0. The summed E-state index contributed by atoms with van der Waals surface area (Å²) in [6, 6.07) is 0.577. The molecule has 1 aliphatic heterocycles. The molecule has 0 saturated heterocycles. The first kappa shape index (κ1) is 11.2. The van der Waals surface area contributed by atoms with Gasteiger partial charge in [0.1, 0.15) is 0 Å². The van der Waals surface area contributed by atoms with Crippen LogP contribution in [0.5, 0.6) is 0 Å². The molecule has 94 valence electrons. The minimum atomic E-state index is 0.577. The molecule has 1 aliphatic carbocycles. The highest BCUT2D eigenvalue weighted by Crippen LogP contribution is 2.38. The first-order valence-corrected chi connectivity index (χ1v) is 6.91. The van der Waals surface area contributed by atoms with Crippen LogP contribution in [0.1, 0.15) is 50.5 Å². The summed E-state index contributed by atoms with van der Waals surface area (Å²) in [7, 11) is 0. The first-order valence-electron chi connectivity index (χ1n) is 6.91. The highest BCUT2D eigenvalue weighted by molar-refractivity contribution is 5.14. The molecule has 1 N–H and O–H groups in total. The van der Waals surface area contributed by atoms with E-state index >= 15 is 0 Å². The Morgan fingerprint density at radius 2 is 2.18 bits per heavy atom. The van der Waals surface area contributed by atoms with Crippen molar-refractivity contribution in [2.45, 2.75) is 52.1 Å². The lowest BCUT2D eigenvalue weighted by Crippen LogP contribution is -2.31. The maximum absolute atomic E-state index is 4.43. The van der Waals surface area contributed by atoms with Crippen LogP contribution >= 0.6 is 0 Å². The monoisotopic (exact) mass is 234 g/mol. The van der Waals surface area contributed by atoms with Gasteiger partial charge in [0.2, 0.25) is 0 Å². The van der Waals surface area contributed by atoms with Crippen LogP contribution in [-0.4, -0.2) is 21.5 Å². The zero-order chi connectivity index (χ0) is 11.8. The van der Waals surface area contributed by atoms with Gasteiger partial charge in [-0.3, -0.25) is 0 Å². The van der Waals surface area contributed by atoms with Crippen molar-refractivity contribution >= 4 is 0 Å². The van der Waals surface area contributed by atoms with E-state index in [0.29, 0.717) is 6.04 Å². The van der Waals surface area contributed by atoms with Gasteiger partial charge >= 0.3 is 0 Å². The molecule has 0 amide bonds. The van der Waals surface area contributed by atoms with Gasteiger partial charge in [0.25, 0.3) is 0 Å². The van der Waals surface area contributed by atoms with Crippen molar-refractivity contribution in [1.82, 2.24) is 20.3 Å². The molecule has 2 heterocycles. The summed E-state index contributed by atoms with van der Waals surface area (Å²) in [5, 5.41) is 12.1. The van der Waals surface area contributed by atoms with E-state index in [1.807, 2.05) is 0 Å². The molecule has 0 spiro atoms. The predicted molar refractivity (Wildman–Crippen MR) is 66.6 cm³/mol. The second-order valence-corrected chi connectivity index (χ2v) is 5.69. The normalized spacial score (nSPS) is 33.4. The maximum atomic E-state index is 4.43. The molecule has 1 aromatic heterocycles. The van der Waals surface area contributed by atoms with Gasteiger partial charge in [-0.1, -0.05) is 31.9 Å². The lowest BCUT2D eigenvalue weighted by molar-refractivity contribution is 0.169. The van der Waals surface area contributed by atoms with Gasteiger partial charge in [-0.15, -0.1) is 5.10 Å². The molecule has 17 heavy (non-hydrogen) atoms. The highest BCUT2D eigenvalue weighted by atomic mass is 15.4. The van der Waals surface area contributed by atoms with Crippen LogP contribution in [0.3, 0.4) is 0 Å². The number of aromatic nitrogens is 3. The molecule has 0 aromatic carbocycles. The third-order valence-corrected chi connectivity index (χ3v) is 4.68. The number of nitrogens with zero attached hydrogens (tertiary/aromatic N) is 3. The molecule has 4 heteroatoms. The topological polar surface area (TPSA) is 42.7 Å². The van der Waals surface area contributed by atoms with Crippen LogP contribution in [0, 0.1) is 11.8 Å². The van der Waals surface area contributed by atoms with Gasteiger partial charge in [0, 0.05) is 19.5 Å². The van der Waals surface area contributed by atoms with Crippen LogP contribution in [0.15, 0.2) is 0 Å². The summed E-state index contributed by atoms with van der Waals surface area (Å²) >= 11 is 0. The molecular formula is C13H22N4. The lowest BCUT2D eigenvalue weighted by atomic mass is 9.78. The second-order valence-electron chi connectivity index (χ2n) is 5.69. The Morgan fingerprint density at radius 3 is 3.06 bits per heavy atom. The van der Waals surface area contributed by atoms with Gasteiger partial charge in [-0.2, -0.15) is 0 Å². The minimum absolute atomic E-state index is 0.577. The highest BCUT2D eigenvalue weighted by Gasteiger charge is 2.31. The molecule has 3 rings (SSSR count). The average molecular weight is 234 g/mol. The van der Waals surface area contributed by atoms with Gasteiger partial charge < -0.3 is 5.32 Å². The summed E-state index contributed by atoms with van der Waals surface area (Å²) < 4.78 is 2.25. The molecule has 1 saturated carbocycles. The van der Waals surface area contributed by atoms with Crippen molar-refractivity contribution in [3.05, 3.63) is 11.4 Å². The summed E-state index contributed by atoms with van der Waals surface area (Å²) in [6.45, 7) is 6.72. The Balaban J connectivity index is 1.90. The van der Waals surface area contributed by atoms with E-state index in [4.69, 9.17) is 0 Å². The van der Waals surface area contributed by atoms with Gasteiger partial charge in [-0.05, 0) is 18.3 Å². The Labute approximate surface area is 103 Å². The zero-order valence-corrected chi connectivity index (χ0v) is 10.8. The van der Waals surface area contributed by atoms with Gasteiger partial charge in [0.15, 0.2) is 0 Å². The van der Waals surface area contributed by atoms with Crippen molar-refractivity contribution in [3.8, 4) is 0 Å². The molecule has 4 nitrogen and oxygen atoms in total. The van der Waals surface area contributed by atoms with Crippen LogP contribution in [0.25, 0.3) is 0 Å². The van der Waals surface area contributed by atoms with Crippen molar-refractivity contribution in [1.29, 1.82) is 0 Å². The third-order valence-electron chi connectivity index (χ3n) is 4.68. The van der Waals surface area contributed by atoms with E-state index in [1.54, 1.807) is 0 Å². The number of hydrogen-bond acceptors (Lipinski definition) is 3. The molecule has 1 aromatic rings. The summed E-state index contributed by atoms with van der Waals surface area (Å²) in [6.07, 6.45) is 5.06. The molecular weight excluding hydrogens is 212 g/mol. The van der Waals surface area contributed by atoms with E-state index in [-0.39, 0.29) is 0 Å². The summed E-state index contributed by atoms with van der Waals surface area (Å²) in [5.41, 5.74) is 2.55. The lowest BCUT2D eigenvalue weighted by Gasteiger charge is -2.35. The fraction of sp³-hybridized carbons (Fsp3) is 0.846. The van der Waals surface area contributed by atoms with Crippen LogP contribution in [-0.2, 0) is 13.0 Å². The minimum Gasteiger partial charge on any atom is -0.311 e. The summed E-state index contributed by atoms with van der Waals surface area (Å²) in [5.74, 6) is 1.54. The number of nitrogens with one attached hydrogen (secondary N) is 1. The maximum Gasteiger partial charge on any atom is 0.0997 e. The first-order chi connectivity index (χ1) is 8.27. The Kier molecular flexibility index (Phi) is 2.90. The molecule has 3 unspecified atom stereocenters. The fourth-order valence-corrected chi connectivity index (χ4v) is 3.32. The van der Waals surface area contributed by atoms with E-state index in [9.17, 15) is 0 Å². The Morgan fingerprint density at radius 1 is 1.29 bits per heavy atom. The molecule has 0 bridgehead atoms. The van der Waals surface area contributed by atoms with Crippen LogP contribution in [0.2, 0.25) is 0 Å². The fourth-order valence-electron chi connectivity index (χ4n) is 3.32. The van der Waals surface area contributed by atoms with Gasteiger partial charge in [-0.25, -0.2) is 4.68 Å². The molecule has 0 radical (unpaired) electrons. The number of fused-ring (bicyclic) bond motifs is 1. The predicted octanol–water partition coefficient (Wildman–Crippen LogP) is 1.92. The quantitative estimate of drug-likeness (QED) is 0.807. The van der Waals surface area contributed by atoms with Crippen LogP contribution < -0.4 is 5.32 Å². The Bertz CT molecular complexity index is 398. The largest absolute Gasteiger partial charge is 0.311 e. The smallest absolute Gasteiger partial charge is 0.0997 e. The molecule has 3 atom stereocenters. The van der Waals surface area contributed by atoms with Crippen molar-refractivity contribution in [2.75, 3.05) is 6.54 Å². The molecule has 1 fully saturated rings. The van der Waals surface area contributed by atoms with E-state index in [1.165, 1.54) is 30.7 Å². The van der Waals surface area contributed by atoms with Crippen molar-refractivity contribution < 1.29 is 0 Å². The average Bonchev–Trinajstić information content (AvgIpc) is 2.77. The molecule has 2 aliphatic rings. The van der Waals surface area contributed by atoms with Crippen molar-refractivity contribution in [2.24, 2.45) is 11.8 Å². The zero-order valence-electron chi connectivity index (χ0n) is 10.8. The van der Waals surface area contributed by atoms with Gasteiger partial charge in [0.05, 0.1) is 17.4 Å². The standard InChI is InChI=1S/C13H22N4/c1-9-4-3-5-12(10(9)2)17-13-6-7-14-8-11(13)15-16-17/h9-10,12,14H,3-8H2,1-2H3. The Hall–Kier alpha value is -0.900. The SMILES string of the molecule is CC1CCCC(n2nnc3c2CCNC3)C1C. The number of rotatable bonds is 1. The third kappa shape index (κ3) is 1.88. The van der Waals surface area contributed by atoms with E-state index in [2.05, 4.69) is 34.2 Å². The van der Waals surface area contributed by atoms with Crippen molar-refractivity contribution in [3.63, 3.8) is 0 Å².